The van der Waals surface area contributed by atoms with E-state index in [9.17, 15) is 43.8 Å². The molecule has 16 nitrogen and oxygen atoms in total. The van der Waals surface area contributed by atoms with Crippen molar-refractivity contribution >= 4 is 11.8 Å². The number of benzene rings is 1. The lowest BCUT2D eigenvalue weighted by Gasteiger charge is -2.46. The summed E-state index contributed by atoms with van der Waals surface area (Å²) in [5, 5.41) is 80.2. The fourth-order valence-electron chi connectivity index (χ4n) is 5.33. The standard InChI is InChI=1S/C26H27F3N8O8S/c27-11-4-10(5-12(28)17(11)29)13-6-36(34-32-13)18-20(40)15(8-38)44-25(22(18)42)46-26-23(43)19(21(41)16(9-39)45-26)37-7-14(33-35-37)24-30-2-1-3-31-24/h1-7,15-16,18-23,25-26,38-43H,8-9H2/t15?,16-,18?,19?,20+,21?,22?,23-,25+,26+/m1/s1. The normalized spacial score (nSPS) is 31.7. The monoisotopic (exact) mass is 668 g/mol. The van der Waals surface area contributed by atoms with Gasteiger partial charge in [-0.1, -0.05) is 22.2 Å². The van der Waals surface area contributed by atoms with Gasteiger partial charge in [0.2, 0.25) is 0 Å². The Morgan fingerprint density at radius 2 is 1.20 bits per heavy atom. The molecule has 0 radical (unpaired) electrons. The Balaban J connectivity index is 1.25. The van der Waals surface area contributed by atoms with E-state index in [2.05, 4.69) is 30.6 Å². The summed E-state index contributed by atoms with van der Waals surface area (Å²) < 4.78 is 54.8. The van der Waals surface area contributed by atoms with E-state index in [1.165, 1.54) is 23.3 Å². The van der Waals surface area contributed by atoms with Crippen molar-refractivity contribution in [2.45, 2.75) is 59.6 Å². The van der Waals surface area contributed by atoms with Crippen molar-refractivity contribution in [1.29, 1.82) is 0 Å². The smallest absolute Gasteiger partial charge is 0.194 e. The van der Waals surface area contributed by atoms with Crippen molar-refractivity contribution in [3.8, 4) is 22.8 Å². The quantitative estimate of drug-likeness (QED) is 0.121. The van der Waals surface area contributed by atoms with Crippen LogP contribution >= 0.6 is 11.8 Å². The van der Waals surface area contributed by atoms with Crippen LogP contribution in [0.3, 0.4) is 0 Å². The van der Waals surface area contributed by atoms with Gasteiger partial charge in [-0.3, -0.25) is 0 Å². The number of aromatic nitrogens is 8. The molecule has 5 unspecified atom stereocenters. The van der Waals surface area contributed by atoms with Crippen LogP contribution in [0, 0.1) is 17.5 Å². The number of nitrogens with zero attached hydrogens (tertiary/aromatic N) is 8. The number of halogens is 3. The molecule has 2 saturated heterocycles. The molecule has 0 saturated carbocycles. The number of rotatable bonds is 8. The van der Waals surface area contributed by atoms with E-state index in [0.717, 1.165) is 22.6 Å². The number of hydrogen-bond donors (Lipinski definition) is 6. The van der Waals surface area contributed by atoms with Crippen molar-refractivity contribution in [2.24, 2.45) is 0 Å². The predicted octanol–water partition coefficient (Wildman–Crippen LogP) is -1.20. The van der Waals surface area contributed by atoms with E-state index >= 15 is 0 Å². The van der Waals surface area contributed by atoms with Crippen molar-refractivity contribution in [3.05, 3.63) is 60.4 Å². The lowest BCUT2D eigenvalue weighted by atomic mass is 9.97. The fraction of sp³-hybridized carbons (Fsp3) is 0.462. The molecule has 4 aromatic rings. The van der Waals surface area contributed by atoms with Gasteiger partial charge < -0.3 is 40.1 Å². The highest BCUT2D eigenvalue weighted by Gasteiger charge is 2.51. The topological polar surface area (TPSA) is 227 Å². The van der Waals surface area contributed by atoms with Gasteiger partial charge in [0.1, 0.15) is 71.0 Å². The van der Waals surface area contributed by atoms with E-state index in [1.807, 2.05) is 0 Å². The molecular formula is C26H27F3N8O8S. The summed E-state index contributed by atoms with van der Waals surface area (Å²) in [6.07, 6.45) is -3.17. The van der Waals surface area contributed by atoms with Crippen molar-refractivity contribution in [3.63, 3.8) is 0 Å². The molecule has 10 atom stereocenters. The number of thioether (sulfide) groups is 1. The minimum Gasteiger partial charge on any atom is -0.394 e. The van der Waals surface area contributed by atoms with E-state index in [-0.39, 0.29) is 22.8 Å². The van der Waals surface area contributed by atoms with E-state index in [1.54, 1.807) is 6.07 Å². The molecule has 5 heterocycles. The first-order chi connectivity index (χ1) is 22.1. The number of hydrogen-bond acceptors (Lipinski definition) is 15. The average molecular weight is 669 g/mol. The lowest BCUT2D eigenvalue weighted by molar-refractivity contribution is -0.189. The highest BCUT2D eigenvalue weighted by atomic mass is 32.2. The van der Waals surface area contributed by atoms with Crippen LogP contribution in [0.2, 0.25) is 0 Å². The summed E-state index contributed by atoms with van der Waals surface area (Å²) in [4.78, 5) is 8.19. The van der Waals surface area contributed by atoms with Crippen LogP contribution in [0.15, 0.2) is 43.0 Å². The van der Waals surface area contributed by atoms with Gasteiger partial charge in [-0.05, 0) is 18.2 Å². The molecule has 46 heavy (non-hydrogen) atoms. The van der Waals surface area contributed by atoms with Gasteiger partial charge >= 0.3 is 0 Å². The molecule has 246 valence electrons. The van der Waals surface area contributed by atoms with Crippen LogP contribution < -0.4 is 0 Å². The molecule has 20 heteroatoms. The highest BCUT2D eigenvalue weighted by Crippen LogP contribution is 2.42. The molecule has 3 aromatic heterocycles. The highest BCUT2D eigenvalue weighted by molar-refractivity contribution is 8.00. The Labute approximate surface area is 261 Å². The maximum Gasteiger partial charge on any atom is 0.194 e. The zero-order chi connectivity index (χ0) is 32.7. The molecule has 2 aliphatic rings. The van der Waals surface area contributed by atoms with E-state index < -0.39 is 90.2 Å². The fourth-order valence-corrected chi connectivity index (χ4v) is 6.65. The Kier molecular flexibility index (Phi) is 9.32. The van der Waals surface area contributed by atoms with Gasteiger partial charge in [0.15, 0.2) is 23.3 Å². The van der Waals surface area contributed by atoms with Gasteiger partial charge in [-0.25, -0.2) is 32.5 Å². The third kappa shape index (κ3) is 5.98. The maximum atomic E-state index is 13.8. The van der Waals surface area contributed by atoms with Crippen molar-refractivity contribution in [1.82, 2.24) is 40.0 Å². The van der Waals surface area contributed by atoms with Gasteiger partial charge in [0.05, 0.1) is 25.6 Å². The molecule has 2 aliphatic heterocycles. The summed E-state index contributed by atoms with van der Waals surface area (Å²) in [6, 6.07) is 0.454. The van der Waals surface area contributed by atoms with Gasteiger partial charge in [-0.15, -0.1) is 10.2 Å². The molecule has 6 rings (SSSR count). The lowest BCUT2D eigenvalue weighted by Crippen LogP contribution is -2.58. The zero-order valence-electron chi connectivity index (χ0n) is 23.3. The average Bonchev–Trinajstić information content (AvgIpc) is 3.74. The van der Waals surface area contributed by atoms with Crippen LogP contribution in [0.4, 0.5) is 13.2 Å². The minimum atomic E-state index is -1.67. The minimum absolute atomic E-state index is 0.116. The van der Waals surface area contributed by atoms with Crippen LogP contribution in [0.5, 0.6) is 0 Å². The summed E-state index contributed by atoms with van der Waals surface area (Å²) in [5.41, 5.74) is -2.65. The van der Waals surface area contributed by atoms with Gasteiger partial charge in [0.25, 0.3) is 0 Å². The summed E-state index contributed by atoms with van der Waals surface area (Å²) >= 11 is 0.731. The predicted molar refractivity (Wildman–Crippen MR) is 148 cm³/mol. The molecular weight excluding hydrogens is 641 g/mol. The van der Waals surface area contributed by atoms with Gasteiger partial charge in [0, 0.05) is 18.0 Å². The largest absolute Gasteiger partial charge is 0.394 e. The van der Waals surface area contributed by atoms with E-state index in [4.69, 9.17) is 9.47 Å². The first-order valence-corrected chi connectivity index (χ1v) is 14.7. The van der Waals surface area contributed by atoms with E-state index in [0.29, 0.717) is 12.1 Å². The molecule has 2 fully saturated rings. The van der Waals surface area contributed by atoms with Crippen LogP contribution in [0.25, 0.3) is 22.8 Å². The molecule has 1 aromatic carbocycles. The second kappa shape index (κ2) is 13.3. The van der Waals surface area contributed by atoms with Crippen molar-refractivity contribution in [2.75, 3.05) is 13.2 Å². The summed E-state index contributed by atoms with van der Waals surface area (Å²) in [5.74, 6) is -4.35. The molecule has 0 aliphatic carbocycles. The van der Waals surface area contributed by atoms with Crippen LogP contribution in [-0.2, 0) is 9.47 Å². The second-order valence-corrected chi connectivity index (χ2v) is 11.7. The third-order valence-electron chi connectivity index (χ3n) is 7.67. The van der Waals surface area contributed by atoms with Crippen LogP contribution in [-0.4, -0.2) is 131 Å². The Hall–Kier alpha value is -3.60. The summed E-state index contributed by atoms with van der Waals surface area (Å²) in [7, 11) is 0. The Morgan fingerprint density at radius 1 is 0.717 bits per heavy atom. The maximum absolute atomic E-state index is 13.8. The number of aliphatic hydroxyl groups excluding tert-OH is 6. The molecule has 0 bridgehead atoms. The molecule has 0 amide bonds. The SMILES string of the molecule is OCC1O[C@@H](S[C@@H]2O[C@H](CO)C(O)C(n3cc(-c4ncccn4)nn3)[C@H]2O)C(O)C(n2cc(-c3cc(F)c(F)c(F)c3)nn2)[C@H]1O. The first kappa shape index (κ1) is 32.3. The Morgan fingerprint density at radius 3 is 1.70 bits per heavy atom. The number of aliphatic hydroxyl groups is 6. The molecule has 6 N–H and O–H groups in total. The van der Waals surface area contributed by atoms with Gasteiger partial charge in [-0.2, -0.15) is 0 Å². The first-order valence-electron chi connectivity index (χ1n) is 13.8. The second-order valence-electron chi connectivity index (χ2n) is 10.5. The van der Waals surface area contributed by atoms with Crippen molar-refractivity contribution < 1.29 is 53.3 Å². The van der Waals surface area contributed by atoms with Crippen LogP contribution in [0.1, 0.15) is 12.1 Å². The zero-order valence-corrected chi connectivity index (χ0v) is 24.2. The summed E-state index contributed by atoms with van der Waals surface area (Å²) in [6.45, 7) is -1.37. The molecule has 0 spiro atoms. The number of ether oxygens (including phenoxy) is 2. The third-order valence-corrected chi connectivity index (χ3v) is 8.99. The Bertz CT molecular complexity index is 1630.